The first-order chi connectivity index (χ1) is 9.14. The van der Waals surface area contributed by atoms with Gasteiger partial charge in [0.05, 0.1) is 12.6 Å². The first-order valence-electron chi connectivity index (χ1n) is 7.80. The van der Waals surface area contributed by atoms with E-state index in [1.54, 1.807) is 0 Å². The molecule has 1 N–H and O–H groups in total. The Morgan fingerprint density at radius 2 is 1.84 bits per heavy atom. The quantitative estimate of drug-likeness (QED) is 0.907. The van der Waals surface area contributed by atoms with Gasteiger partial charge < -0.3 is 9.67 Å². The van der Waals surface area contributed by atoms with E-state index in [1.807, 2.05) is 19.3 Å². The first kappa shape index (κ1) is 12.0. The average Bonchev–Trinajstić information content (AvgIpc) is 2.73. The second-order valence-electron chi connectivity index (χ2n) is 7.42. The van der Waals surface area contributed by atoms with Crippen molar-refractivity contribution in [2.75, 3.05) is 0 Å². The summed E-state index contributed by atoms with van der Waals surface area (Å²) in [7, 11) is 0. The molecule has 3 heteroatoms. The zero-order valence-corrected chi connectivity index (χ0v) is 11.8. The molecular formula is C16H24N2O. The van der Waals surface area contributed by atoms with Gasteiger partial charge in [-0.25, -0.2) is 4.98 Å². The Balaban J connectivity index is 1.56. The molecule has 3 nitrogen and oxygen atoms in total. The number of aliphatic hydroxyl groups is 1. The molecule has 4 aliphatic carbocycles. The zero-order valence-electron chi connectivity index (χ0n) is 11.8. The number of hydrogen-bond acceptors (Lipinski definition) is 2. The minimum atomic E-state index is -0.186. The molecule has 19 heavy (non-hydrogen) atoms. The molecule has 0 aliphatic heterocycles. The van der Waals surface area contributed by atoms with Gasteiger partial charge in [-0.05, 0) is 68.6 Å². The lowest BCUT2D eigenvalue weighted by Crippen LogP contribution is -2.52. The second-order valence-corrected chi connectivity index (χ2v) is 7.42. The number of nitrogens with zero attached hydrogens (tertiary/aromatic N) is 2. The summed E-state index contributed by atoms with van der Waals surface area (Å²) in [6, 6.07) is 0. The van der Waals surface area contributed by atoms with Crippen LogP contribution in [0, 0.1) is 30.1 Å². The summed E-state index contributed by atoms with van der Waals surface area (Å²) in [5.41, 5.74) is 0.228. The molecule has 0 spiro atoms. The molecule has 1 aromatic rings. The van der Waals surface area contributed by atoms with Crippen LogP contribution in [0.5, 0.6) is 0 Å². The summed E-state index contributed by atoms with van der Waals surface area (Å²) in [5.74, 6) is 3.74. The Labute approximate surface area is 115 Å². The van der Waals surface area contributed by atoms with Gasteiger partial charge in [-0.15, -0.1) is 0 Å². The van der Waals surface area contributed by atoms with Gasteiger partial charge in [0.1, 0.15) is 5.82 Å². The van der Waals surface area contributed by atoms with Gasteiger partial charge >= 0.3 is 0 Å². The highest BCUT2D eigenvalue weighted by Crippen LogP contribution is 2.61. The maximum absolute atomic E-state index is 10.9. The monoisotopic (exact) mass is 260 g/mol. The van der Waals surface area contributed by atoms with Crippen LogP contribution in [0.4, 0.5) is 0 Å². The van der Waals surface area contributed by atoms with Crippen LogP contribution in [0.2, 0.25) is 0 Å². The summed E-state index contributed by atoms with van der Waals surface area (Å²) in [5, 5.41) is 10.9. The lowest BCUT2D eigenvalue weighted by Gasteiger charge is -2.58. The molecule has 0 aromatic carbocycles. The summed E-state index contributed by atoms with van der Waals surface area (Å²) >= 11 is 0. The number of aromatic nitrogens is 2. The van der Waals surface area contributed by atoms with E-state index in [-0.39, 0.29) is 11.5 Å². The van der Waals surface area contributed by atoms with E-state index in [9.17, 15) is 5.11 Å². The molecule has 1 heterocycles. The Kier molecular flexibility index (Phi) is 2.57. The van der Waals surface area contributed by atoms with Crippen molar-refractivity contribution in [3.63, 3.8) is 0 Å². The maximum Gasteiger partial charge on any atom is 0.105 e. The molecule has 4 fully saturated rings. The van der Waals surface area contributed by atoms with Crippen LogP contribution in [-0.4, -0.2) is 20.8 Å². The Bertz CT molecular complexity index is 444. The van der Waals surface area contributed by atoms with Crippen molar-refractivity contribution >= 4 is 0 Å². The van der Waals surface area contributed by atoms with Crippen molar-refractivity contribution < 1.29 is 5.11 Å². The summed E-state index contributed by atoms with van der Waals surface area (Å²) < 4.78 is 2.11. The highest BCUT2D eigenvalue weighted by Gasteiger charge is 2.53. The zero-order chi connectivity index (χ0) is 13.0. The fourth-order valence-corrected chi connectivity index (χ4v) is 5.56. The maximum atomic E-state index is 10.9. The Morgan fingerprint density at radius 3 is 2.32 bits per heavy atom. The van der Waals surface area contributed by atoms with E-state index in [2.05, 4.69) is 9.55 Å². The van der Waals surface area contributed by atoms with Gasteiger partial charge in [0, 0.05) is 12.4 Å². The largest absolute Gasteiger partial charge is 0.391 e. The number of aryl methyl sites for hydroxylation is 1. The van der Waals surface area contributed by atoms with E-state index in [4.69, 9.17) is 0 Å². The van der Waals surface area contributed by atoms with Crippen LogP contribution < -0.4 is 0 Å². The van der Waals surface area contributed by atoms with Crippen LogP contribution in [0.15, 0.2) is 12.4 Å². The van der Waals surface area contributed by atoms with Crippen molar-refractivity contribution in [3.05, 3.63) is 18.2 Å². The molecule has 1 unspecified atom stereocenters. The summed E-state index contributed by atoms with van der Waals surface area (Å²) in [6.07, 6.45) is 11.8. The predicted octanol–water partition coefficient (Wildman–Crippen LogP) is 2.77. The van der Waals surface area contributed by atoms with Gasteiger partial charge in [0.25, 0.3) is 0 Å². The third-order valence-corrected chi connectivity index (χ3v) is 6.09. The number of hydrogen-bond donors (Lipinski definition) is 1. The molecular weight excluding hydrogens is 236 g/mol. The highest BCUT2D eigenvalue weighted by atomic mass is 16.3. The molecule has 104 valence electrons. The highest BCUT2D eigenvalue weighted by molar-refractivity contribution is 5.05. The third kappa shape index (κ3) is 1.85. The smallest absolute Gasteiger partial charge is 0.105 e. The van der Waals surface area contributed by atoms with Gasteiger partial charge in [0.2, 0.25) is 0 Å². The standard InChI is InChI=1S/C16H24N2O/c1-11-17-2-3-18(11)10-15(19)16-7-12-4-13(8-16)6-14(5-12)9-16/h2-3,12-15,19H,4-10H2,1H3. The normalized spacial score (nSPS) is 41.7. The van der Waals surface area contributed by atoms with Crippen LogP contribution in [0.25, 0.3) is 0 Å². The topological polar surface area (TPSA) is 38.0 Å². The number of imidazole rings is 1. The van der Waals surface area contributed by atoms with E-state index < -0.39 is 0 Å². The molecule has 0 saturated heterocycles. The second kappa shape index (κ2) is 4.08. The van der Waals surface area contributed by atoms with Crippen LogP contribution >= 0.6 is 0 Å². The number of aliphatic hydroxyl groups excluding tert-OH is 1. The van der Waals surface area contributed by atoms with Crippen molar-refractivity contribution in [3.8, 4) is 0 Å². The lowest BCUT2D eigenvalue weighted by atomic mass is 9.48. The fraction of sp³-hybridized carbons (Fsp3) is 0.812. The van der Waals surface area contributed by atoms with Crippen molar-refractivity contribution in [1.82, 2.24) is 9.55 Å². The molecule has 1 atom stereocenters. The molecule has 0 radical (unpaired) electrons. The third-order valence-electron chi connectivity index (χ3n) is 6.09. The van der Waals surface area contributed by atoms with Crippen LogP contribution in [0.3, 0.4) is 0 Å². The number of rotatable bonds is 3. The molecule has 0 amide bonds. The van der Waals surface area contributed by atoms with Crippen molar-refractivity contribution in [2.24, 2.45) is 23.2 Å². The first-order valence-corrected chi connectivity index (χ1v) is 7.80. The summed E-state index contributed by atoms with van der Waals surface area (Å²) in [6.45, 7) is 2.75. The van der Waals surface area contributed by atoms with E-state index in [1.165, 1.54) is 38.5 Å². The van der Waals surface area contributed by atoms with E-state index in [0.29, 0.717) is 0 Å². The molecule has 5 rings (SSSR count). The molecule has 4 aliphatic rings. The van der Waals surface area contributed by atoms with Crippen LogP contribution in [0.1, 0.15) is 44.3 Å². The molecule has 1 aromatic heterocycles. The van der Waals surface area contributed by atoms with E-state index in [0.717, 1.165) is 30.1 Å². The molecule has 4 saturated carbocycles. The van der Waals surface area contributed by atoms with Gasteiger partial charge in [-0.3, -0.25) is 0 Å². The van der Waals surface area contributed by atoms with Gasteiger partial charge in [-0.1, -0.05) is 0 Å². The average molecular weight is 260 g/mol. The predicted molar refractivity (Wildman–Crippen MR) is 73.6 cm³/mol. The van der Waals surface area contributed by atoms with Crippen LogP contribution in [-0.2, 0) is 6.54 Å². The van der Waals surface area contributed by atoms with E-state index >= 15 is 0 Å². The van der Waals surface area contributed by atoms with Crippen molar-refractivity contribution in [1.29, 1.82) is 0 Å². The Hall–Kier alpha value is -0.830. The fourth-order valence-electron chi connectivity index (χ4n) is 5.56. The SMILES string of the molecule is Cc1nccn1CC(O)C12CC3CC(CC(C3)C1)C2. The lowest BCUT2D eigenvalue weighted by molar-refractivity contribution is -0.124. The minimum absolute atomic E-state index is 0.186. The van der Waals surface area contributed by atoms with Crippen molar-refractivity contribution in [2.45, 2.75) is 58.1 Å². The van der Waals surface area contributed by atoms with Gasteiger partial charge in [-0.2, -0.15) is 0 Å². The molecule has 4 bridgehead atoms. The Morgan fingerprint density at radius 1 is 1.26 bits per heavy atom. The minimum Gasteiger partial charge on any atom is -0.391 e. The summed E-state index contributed by atoms with van der Waals surface area (Å²) in [4.78, 5) is 4.27. The van der Waals surface area contributed by atoms with Gasteiger partial charge in [0.15, 0.2) is 0 Å².